The number of hydrogen-bond acceptors (Lipinski definition) is 3. The first kappa shape index (κ1) is 11.3. The molecule has 1 saturated carbocycles. The molecule has 0 bridgehead atoms. The zero-order valence-corrected chi connectivity index (χ0v) is 11.0. The zero-order valence-electron chi connectivity index (χ0n) is 10.2. The molecule has 0 amide bonds. The Hall–Kier alpha value is -0.180. The third kappa shape index (κ3) is 2.68. The second kappa shape index (κ2) is 4.00. The average molecular weight is 226 g/mol. The molecule has 15 heavy (non-hydrogen) atoms. The molecule has 0 saturated heterocycles. The lowest BCUT2D eigenvalue weighted by Gasteiger charge is -2.27. The molecule has 2 rings (SSSR count). The fourth-order valence-electron chi connectivity index (χ4n) is 1.99. The van der Waals surface area contributed by atoms with Crippen molar-refractivity contribution in [3.8, 4) is 0 Å². The van der Waals surface area contributed by atoms with Crippen molar-refractivity contribution < 1.29 is 0 Å². The average Bonchev–Trinajstić information content (AvgIpc) is 2.88. The van der Waals surface area contributed by atoms with Crippen LogP contribution in [-0.2, 0) is 0 Å². The molecular formula is C12H22N2S. The van der Waals surface area contributed by atoms with Crippen molar-refractivity contribution >= 4 is 16.9 Å². The van der Waals surface area contributed by atoms with E-state index >= 15 is 0 Å². The molecule has 0 radical (unpaired) electrons. The molecule has 1 aliphatic carbocycles. The van der Waals surface area contributed by atoms with Gasteiger partial charge in [-0.2, -0.15) is 0 Å². The molecule has 1 aliphatic heterocycles. The van der Waals surface area contributed by atoms with Crippen LogP contribution in [0, 0.1) is 11.8 Å². The van der Waals surface area contributed by atoms with Gasteiger partial charge in [-0.15, -0.1) is 0 Å². The largest absolute Gasteiger partial charge is 0.360 e. The summed E-state index contributed by atoms with van der Waals surface area (Å²) in [5.41, 5.74) is 0.248. The molecule has 0 aromatic carbocycles. The monoisotopic (exact) mass is 226 g/mol. The fraction of sp³-hybridized carbons (Fsp3) is 0.917. The minimum atomic E-state index is 0.248. The molecule has 0 aromatic rings. The van der Waals surface area contributed by atoms with Crippen LogP contribution in [0.4, 0.5) is 0 Å². The fourth-order valence-corrected chi connectivity index (χ4v) is 3.17. The van der Waals surface area contributed by atoms with Gasteiger partial charge in [-0.3, -0.25) is 4.99 Å². The van der Waals surface area contributed by atoms with Gasteiger partial charge < -0.3 is 5.32 Å². The summed E-state index contributed by atoms with van der Waals surface area (Å²) in [7, 11) is 0. The van der Waals surface area contributed by atoms with E-state index in [1.54, 1.807) is 0 Å². The van der Waals surface area contributed by atoms with E-state index in [0.29, 0.717) is 5.25 Å². The number of nitrogens with zero attached hydrogens (tertiary/aromatic N) is 1. The number of amidine groups is 1. The summed E-state index contributed by atoms with van der Waals surface area (Å²) in [5.74, 6) is 1.58. The van der Waals surface area contributed by atoms with E-state index < -0.39 is 0 Å². The third-order valence-corrected chi connectivity index (χ3v) is 4.90. The molecule has 0 spiro atoms. The highest BCUT2D eigenvalue weighted by Gasteiger charge is 2.39. The van der Waals surface area contributed by atoms with Crippen LogP contribution in [0.2, 0.25) is 0 Å². The Labute approximate surface area is 97.3 Å². The molecule has 1 N–H and O–H groups in total. The minimum absolute atomic E-state index is 0.248. The van der Waals surface area contributed by atoms with Gasteiger partial charge in [0.05, 0.1) is 6.54 Å². The quantitative estimate of drug-likeness (QED) is 0.800. The van der Waals surface area contributed by atoms with Gasteiger partial charge in [-0.1, -0.05) is 25.6 Å². The number of nitrogens with one attached hydrogen (secondary N) is 1. The Bertz CT molecular complexity index is 267. The lowest BCUT2D eigenvalue weighted by Crippen LogP contribution is -2.43. The van der Waals surface area contributed by atoms with Gasteiger partial charge in [-0.05, 0) is 38.5 Å². The van der Waals surface area contributed by atoms with E-state index in [0.717, 1.165) is 18.4 Å². The van der Waals surface area contributed by atoms with E-state index in [4.69, 9.17) is 0 Å². The summed E-state index contributed by atoms with van der Waals surface area (Å²) in [6.45, 7) is 10.2. The Kier molecular flexibility index (Phi) is 3.02. The lowest BCUT2D eigenvalue weighted by atomic mass is 9.99. The molecule has 2 nitrogen and oxygen atoms in total. The van der Waals surface area contributed by atoms with Crippen LogP contribution in [0.3, 0.4) is 0 Å². The third-order valence-electron chi connectivity index (χ3n) is 3.45. The molecule has 86 valence electrons. The smallest absolute Gasteiger partial charge is 0.157 e. The first-order valence-electron chi connectivity index (χ1n) is 5.98. The van der Waals surface area contributed by atoms with Crippen LogP contribution in [0.5, 0.6) is 0 Å². The molecular weight excluding hydrogens is 204 g/mol. The van der Waals surface area contributed by atoms with Crippen LogP contribution in [0.15, 0.2) is 4.99 Å². The maximum absolute atomic E-state index is 4.60. The summed E-state index contributed by atoms with van der Waals surface area (Å²) >= 11 is 1.93. The highest BCUT2D eigenvalue weighted by Crippen LogP contribution is 2.40. The zero-order chi connectivity index (χ0) is 11.1. The van der Waals surface area contributed by atoms with Gasteiger partial charge in [0.1, 0.15) is 0 Å². The van der Waals surface area contributed by atoms with Gasteiger partial charge in [0.2, 0.25) is 0 Å². The summed E-state index contributed by atoms with van der Waals surface area (Å²) in [4.78, 5) is 4.60. The van der Waals surface area contributed by atoms with Gasteiger partial charge >= 0.3 is 0 Å². The predicted molar refractivity (Wildman–Crippen MR) is 68.5 cm³/mol. The molecule has 2 aliphatic rings. The summed E-state index contributed by atoms with van der Waals surface area (Å²) in [6.07, 6.45) is 2.76. The molecule has 0 aromatic heterocycles. The van der Waals surface area contributed by atoms with Gasteiger partial charge in [-0.25, -0.2) is 0 Å². The number of rotatable bonds is 3. The molecule has 1 unspecified atom stereocenters. The minimum Gasteiger partial charge on any atom is -0.360 e. The Morgan fingerprint density at radius 1 is 1.40 bits per heavy atom. The van der Waals surface area contributed by atoms with E-state index in [2.05, 4.69) is 38.0 Å². The van der Waals surface area contributed by atoms with E-state index in [9.17, 15) is 0 Å². The van der Waals surface area contributed by atoms with E-state index in [-0.39, 0.29) is 5.54 Å². The van der Waals surface area contributed by atoms with Crippen molar-refractivity contribution in [3.63, 3.8) is 0 Å². The van der Waals surface area contributed by atoms with Gasteiger partial charge in [0.15, 0.2) is 5.17 Å². The Morgan fingerprint density at radius 2 is 2.07 bits per heavy atom. The first-order valence-corrected chi connectivity index (χ1v) is 6.86. The maximum atomic E-state index is 4.60. The normalized spacial score (nSPS) is 27.0. The van der Waals surface area contributed by atoms with Crippen LogP contribution in [-0.4, -0.2) is 22.5 Å². The second-order valence-electron chi connectivity index (χ2n) is 5.67. The van der Waals surface area contributed by atoms with Crippen LogP contribution in [0.25, 0.3) is 0 Å². The number of thioether (sulfide) groups is 1. The van der Waals surface area contributed by atoms with E-state index in [1.807, 2.05) is 11.8 Å². The van der Waals surface area contributed by atoms with Crippen molar-refractivity contribution in [1.29, 1.82) is 0 Å². The second-order valence-corrected chi connectivity index (χ2v) is 6.90. The van der Waals surface area contributed by atoms with Crippen LogP contribution >= 0.6 is 11.8 Å². The highest BCUT2D eigenvalue weighted by molar-refractivity contribution is 8.14. The lowest BCUT2D eigenvalue weighted by molar-refractivity contribution is 0.404. The van der Waals surface area contributed by atoms with Crippen molar-refractivity contribution in [2.24, 2.45) is 16.8 Å². The van der Waals surface area contributed by atoms with Crippen LogP contribution in [0.1, 0.15) is 40.5 Å². The van der Waals surface area contributed by atoms with Crippen molar-refractivity contribution in [3.05, 3.63) is 0 Å². The Morgan fingerprint density at radius 3 is 2.53 bits per heavy atom. The summed E-state index contributed by atoms with van der Waals surface area (Å²) in [5, 5.41) is 5.47. The van der Waals surface area contributed by atoms with Crippen molar-refractivity contribution in [2.75, 3.05) is 6.54 Å². The number of aliphatic imine (C=N–C) groups is 1. The predicted octanol–water partition coefficient (Wildman–Crippen LogP) is 2.89. The molecule has 1 atom stereocenters. The standard InChI is InChI=1S/C12H22N2S/c1-8(2)10-7-13-11(15-10)14-12(3,4)9-5-6-9/h8-10H,5-7H2,1-4H3,(H,13,14). The van der Waals surface area contributed by atoms with Gasteiger partial charge in [0, 0.05) is 10.8 Å². The van der Waals surface area contributed by atoms with Crippen molar-refractivity contribution in [1.82, 2.24) is 5.32 Å². The summed E-state index contributed by atoms with van der Waals surface area (Å²) in [6, 6.07) is 0. The molecule has 1 fully saturated rings. The van der Waals surface area contributed by atoms with Crippen molar-refractivity contribution in [2.45, 2.75) is 51.3 Å². The first-order chi connectivity index (χ1) is 6.99. The molecule has 1 heterocycles. The topological polar surface area (TPSA) is 24.4 Å². The number of hydrogen-bond donors (Lipinski definition) is 1. The van der Waals surface area contributed by atoms with Gasteiger partial charge in [0.25, 0.3) is 0 Å². The maximum Gasteiger partial charge on any atom is 0.157 e. The van der Waals surface area contributed by atoms with Crippen LogP contribution < -0.4 is 5.32 Å². The SMILES string of the molecule is CC(C)C1CN=C(NC(C)(C)C2CC2)S1. The highest BCUT2D eigenvalue weighted by atomic mass is 32.2. The molecule has 3 heteroatoms. The van der Waals surface area contributed by atoms with E-state index in [1.165, 1.54) is 18.0 Å². The summed E-state index contributed by atoms with van der Waals surface area (Å²) < 4.78 is 0. The Balaban J connectivity index is 1.86.